The van der Waals surface area contributed by atoms with Crippen molar-refractivity contribution in [2.24, 2.45) is 0 Å². The van der Waals surface area contributed by atoms with Gasteiger partial charge >= 0.3 is 6.09 Å². The van der Waals surface area contributed by atoms with Gasteiger partial charge in [-0.15, -0.1) is 0 Å². The van der Waals surface area contributed by atoms with Crippen LogP contribution in [0.3, 0.4) is 0 Å². The molecule has 0 saturated carbocycles. The largest absolute Gasteiger partial charge is 0.465 e. The second-order valence-electron chi connectivity index (χ2n) is 6.50. The van der Waals surface area contributed by atoms with Crippen LogP contribution in [-0.2, 0) is 14.6 Å². The van der Waals surface area contributed by atoms with E-state index in [4.69, 9.17) is 0 Å². The van der Waals surface area contributed by atoms with Crippen LogP contribution in [0.5, 0.6) is 0 Å². The number of nitrogens with zero attached hydrogens (tertiary/aromatic N) is 1. The Balaban J connectivity index is 1.96. The highest BCUT2D eigenvalue weighted by Crippen LogP contribution is 2.28. The average molecular weight is 385 g/mol. The first-order valence-electron chi connectivity index (χ1n) is 8.33. The highest BCUT2D eigenvalue weighted by molar-refractivity contribution is 7.90. The van der Waals surface area contributed by atoms with Gasteiger partial charge in [-0.05, 0) is 29.3 Å². The van der Waals surface area contributed by atoms with Gasteiger partial charge in [-0.2, -0.15) is 0 Å². The van der Waals surface area contributed by atoms with Gasteiger partial charge in [-0.1, -0.05) is 42.5 Å². The molecule has 7 heteroatoms. The molecule has 0 spiro atoms. The smallest absolute Gasteiger partial charge is 0.407 e. The minimum atomic E-state index is -3.30. The maximum absolute atomic E-state index is 12.9. The van der Waals surface area contributed by atoms with E-state index in [2.05, 4.69) is 0 Å². The van der Waals surface area contributed by atoms with Gasteiger partial charge in [-0.3, -0.25) is 4.79 Å². The molecule has 1 atom stereocenters. The number of Topliss-reactive ketones (excluding diaryl/α,β-unsaturated/α-hetero) is 1. The van der Waals surface area contributed by atoms with E-state index in [1.165, 1.54) is 17.0 Å². The predicted octanol–water partition coefficient (Wildman–Crippen LogP) is 2.82. The molecule has 2 aromatic carbocycles. The number of carbonyl (C=O) groups excluding carboxylic acids is 1. The number of likely N-dealkylation sites (tertiary alicyclic amines) is 1. The molecule has 3 rings (SSSR count). The molecule has 140 valence electrons. The molecule has 2 aromatic rings. The first-order chi connectivity index (χ1) is 12.8. The van der Waals surface area contributed by atoms with Crippen LogP contribution in [0.1, 0.15) is 17.0 Å². The molecule has 0 bridgehead atoms. The summed E-state index contributed by atoms with van der Waals surface area (Å²) >= 11 is 0. The molecule has 1 N–H and O–H groups in total. The lowest BCUT2D eigenvalue weighted by Crippen LogP contribution is -2.43. The van der Waals surface area contributed by atoms with Gasteiger partial charge in [0.2, 0.25) is 0 Å². The molecule has 1 aliphatic rings. The first kappa shape index (κ1) is 18.8. The third-order valence-corrected chi connectivity index (χ3v) is 5.65. The highest BCUT2D eigenvalue weighted by atomic mass is 32.2. The van der Waals surface area contributed by atoms with Crippen LogP contribution in [0.15, 0.2) is 65.1 Å². The molecule has 1 heterocycles. The first-order valence-corrected chi connectivity index (χ1v) is 10.2. The number of piperidine rings is 1. The number of hydrogen-bond acceptors (Lipinski definition) is 4. The summed E-state index contributed by atoms with van der Waals surface area (Å²) in [5, 5.41) is 9.42. The maximum Gasteiger partial charge on any atom is 0.407 e. The van der Waals surface area contributed by atoms with Gasteiger partial charge in [0.05, 0.1) is 17.4 Å². The molecular formula is C20H19NO5S. The summed E-state index contributed by atoms with van der Waals surface area (Å²) in [6.07, 6.45) is 1.67. The van der Waals surface area contributed by atoms with Crippen LogP contribution in [0.2, 0.25) is 0 Å². The Morgan fingerprint density at radius 2 is 1.74 bits per heavy atom. The van der Waals surface area contributed by atoms with Crippen molar-refractivity contribution < 1.29 is 23.1 Å². The van der Waals surface area contributed by atoms with Crippen LogP contribution in [0.25, 0.3) is 6.08 Å². The highest BCUT2D eigenvalue weighted by Gasteiger charge is 2.34. The Morgan fingerprint density at radius 3 is 2.30 bits per heavy atom. The van der Waals surface area contributed by atoms with Crippen LogP contribution in [0.4, 0.5) is 4.79 Å². The summed E-state index contributed by atoms with van der Waals surface area (Å²) < 4.78 is 23.1. The van der Waals surface area contributed by atoms with E-state index in [1.54, 1.807) is 18.2 Å². The quantitative estimate of drug-likeness (QED) is 0.821. The molecule has 27 heavy (non-hydrogen) atoms. The van der Waals surface area contributed by atoms with Crippen molar-refractivity contribution in [1.82, 2.24) is 4.90 Å². The van der Waals surface area contributed by atoms with Crippen molar-refractivity contribution in [3.63, 3.8) is 0 Å². The molecular weight excluding hydrogens is 366 g/mol. The van der Waals surface area contributed by atoms with Gasteiger partial charge in [0.1, 0.15) is 0 Å². The molecule has 6 nitrogen and oxygen atoms in total. The Labute approximate surface area is 157 Å². The summed E-state index contributed by atoms with van der Waals surface area (Å²) in [4.78, 5) is 25.9. The summed E-state index contributed by atoms with van der Waals surface area (Å²) in [5.74, 6) is -0.677. The standard InChI is InChI=1S/C20H19NO5S/c1-27(25,26)17-9-7-14(8-10-17)11-16-12-21(20(23)24)13-18(19(16)22)15-5-3-2-4-6-15/h2-11,18H,12-13H2,1H3,(H,23,24). The Bertz CT molecular complexity index is 994. The molecule has 0 aliphatic carbocycles. The lowest BCUT2D eigenvalue weighted by molar-refractivity contribution is -0.118. The normalized spacial score (nSPS) is 19.3. The zero-order chi connectivity index (χ0) is 19.6. The number of rotatable bonds is 3. The SMILES string of the molecule is CS(=O)(=O)c1ccc(C=C2CN(C(=O)O)CC(c3ccccc3)C2=O)cc1. The number of sulfone groups is 1. The van der Waals surface area contributed by atoms with E-state index < -0.39 is 21.8 Å². The van der Waals surface area contributed by atoms with Crippen molar-refractivity contribution >= 4 is 27.8 Å². The van der Waals surface area contributed by atoms with Crippen LogP contribution in [0, 0.1) is 0 Å². The molecule has 1 unspecified atom stereocenters. The van der Waals surface area contributed by atoms with Gasteiger partial charge in [0, 0.05) is 18.4 Å². The summed E-state index contributed by atoms with van der Waals surface area (Å²) in [6.45, 7) is 0.119. The monoisotopic (exact) mass is 385 g/mol. The van der Waals surface area contributed by atoms with Crippen LogP contribution >= 0.6 is 0 Å². The second-order valence-corrected chi connectivity index (χ2v) is 8.52. The molecule has 1 aliphatic heterocycles. The lowest BCUT2D eigenvalue weighted by Gasteiger charge is -2.31. The van der Waals surface area contributed by atoms with E-state index in [1.807, 2.05) is 30.3 Å². The number of carbonyl (C=O) groups is 2. The van der Waals surface area contributed by atoms with Crippen molar-refractivity contribution in [2.45, 2.75) is 10.8 Å². The fraction of sp³-hybridized carbons (Fsp3) is 0.200. The van der Waals surface area contributed by atoms with Crippen LogP contribution in [-0.4, -0.2) is 49.6 Å². The Morgan fingerprint density at radius 1 is 1.11 bits per heavy atom. The summed E-state index contributed by atoms with van der Waals surface area (Å²) in [7, 11) is -3.30. The molecule has 0 aromatic heterocycles. The number of amides is 1. The van der Waals surface area contributed by atoms with Crippen molar-refractivity contribution in [3.8, 4) is 0 Å². The fourth-order valence-corrected chi connectivity index (χ4v) is 3.72. The summed E-state index contributed by atoms with van der Waals surface area (Å²) in [6, 6.07) is 15.2. The van der Waals surface area contributed by atoms with Crippen LogP contribution < -0.4 is 0 Å². The Kier molecular flexibility index (Phi) is 5.14. The van der Waals surface area contributed by atoms with Gasteiger partial charge in [0.15, 0.2) is 15.6 Å². The molecule has 1 saturated heterocycles. The van der Waals surface area contributed by atoms with E-state index in [9.17, 15) is 23.1 Å². The number of ketones is 1. The minimum Gasteiger partial charge on any atom is -0.465 e. The average Bonchev–Trinajstić information content (AvgIpc) is 2.63. The van der Waals surface area contributed by atoms with Gasteiger partial charge in [-0.25, -0.2) is 13.2 Å². The van der Waals surface area contributed by atoms with E-state index in [0.29, 0.717) is 11.1 Å². The molecule has 0 radical (unpaired) electrons. The van der Waals surface area contributed by atoms with Gasteiger partial charge < -0.3 is 10.0 Å². The minimum absolute atomic E-state index is 0.00529. The zero-order valence-electron chi connectivity index (χ0n) is 14.7. The number of benzene rings is 2. The zero-order valence-corrected chi connectivity index (χ0v) is 15.5. The van der Waals surface area contributed by atoms with Crippen molar-refractivity contribution in [2.75, 3.05) is 19.3 Å². The van der Waals surface area contributed by atoms with E-state index >= 15 is 0 Å². The predicted molar refractivity (Wildman–Crippen MR) is 101 cm³/mol. The lowest BCUT2D eigenvalue weighted by atomic mass is 9.86. The number of hydrogen-bond donors (Lipinski definition) is 1. The van der Waals surface area contributed by atoms with Crippen molar-refractivity contribution in [3.05, 3.63) is 71.3 Å². The topological polar surface area (TPSA) is 91.8 Å². The number of carboxylic acid groups (broad SMARTS) is 1. The van der Waals surface area contributed by atoms with Gasteiger partial charge in [0.25, 0.3) is 0 Å². The van der Waals surface area contributed by atoms with E-state index in [-0.39, 0.29) is 23.8 Å². The van der Waals surface area contributed by atoms with Crippen molar-refractivity contribution in [1.29, 1.82) is 0 Å². The third kappa shape index (κ3) is 4.25. The third-order valence-electron chi connectivity index (χ3n) is 4.52. The summed E-state index contributed by atoms with van der Waals surface area (Å²) in [5.41, 5.74) is 1.79. The fourth-order valence-electron chi connectivity index (χ4n) is 3.09. The second kappa shape index (κ2) is 7.36. The van der Waals surface area contributed by atoms with E-state index in [0.717, 1.165) is 11.8 Å². The maximum atomic E-state index is 12.9. The molecule has 1 amide bonds. The molecule has 1 fully saturated rings. The Hall–Kier alpha value is -2.93.